The van der Waals surface area contributed by atoms with E-state index in [0.29, 0.717) is 6.42 Å². The summed E-state index contributed by atoms with van der Waals surface area (Å²) in [6.07, 6.45) is -1.01. The average molecular weight is 265 g/mol. The van der Waals surface area contributed by atoms with Crippen LogP contribution in [-0.4, -0.2) is 35.7 Å². The fourth-order valence-electron chi connectivity index (χ4n) is 1.76. The first-order valence-electron chi connectivity index (χ1n) is 6.20. The monoisotopic (exact) mass is 265 g/mol. The zero-order chi connectivity index (χ0) is 14.3. The lowest BCUT2D eigenvalue weighted by molar-refractivity contribution is -0.154. The van der Waals surface area contributed by atoms with E-state index in [4.69, 9.17) is 4.74 Å². The Kier molecular flexibility index (Phi) is 6.02. The lowest BCUT2D eigenvalue weighted by Gasteiger charge is -2.22. The Hall–Kier alpha value is -1.88. The Morgan fingerprint density at radius 2 is 1.95 bits per heavy atom. The summed E-state index contributed by atoms with van der Waals surface area (Å²) in [5, 5.41) is 12.5. The molecule has 0 unspecified atom stereocenters. The maximum absolute atomic E-state index is 11.5. The number of esters is 1. The molecule has 1 amide bonds. The molecule has 5 nitrogen and oxygen atoms in total. The molecule has 0 aliphatic carbocycles. The third-order valence-electron chi connectivity index (χ3n) is 2.60. The van der Waals surface area contributed by atoms with Crippen LogP contribution in [0.1, 0.15) is 19.4 Å². The van der Waals surface area contributed by atoms with Crippen molar-refractivity contribution in [1.29, 1.82) is 0 Å². The van der Waals surface area contributed by atoms with Crippen molar-refractivity contribution in [2.75, 3.05) is 6.61 Å². The largest absolute Gasteiger partial charge is 0.464 e. The number of amides is 1. The third-order valence-corrected chi connectivity index (χ3v) is 2.60. The third kappa shape index (κ3) is 5.09. The fourth-order valence-corrected chi connectivity index (χ4v) is 1.76. The second-order valence-electron chi connectivity index (χ2n) is 4.19. The molecule has 0 aliphatic heterocycles. The number of ether oxygens (including phenoxy) is 1. The van der Waals surface area contributed by atoms with Gasteiger partial charge in [-0.2, -0.15) is 0 Å². The normalized spacial score (nSPS) is 13.4. The van der Waals surface area contributed by atoms with Crippen molar-refractivity contribution in [3.8, 4) is 0 Å². The number of carbonyl (C=O) groups excluding carboxylic acids is 2. The Labute approximate surface area is 112 Å². The van der Waals surface area contributed by atoms with Crippen molar-refractivity contribution in [2.45, 2.75) is 32.4 Å². The van der Waals surface area contributed by atoms with Crippen molar-refractivity contribution < 1.29 is 19.4 Å². The fraction of sp³-hybridized carbons (Fsp3) is 0.429. The van der Waals surface area contributed by atoms with Crippen LogP contribution in [0.3, 0.4) is 0 Å². The van der Waals surface area contributed by atoms with Crippen LogP contribution in [0, 0.1) is 0 Å². The topological polar surface area (TPSA) is 75.6 Å². The maximum Gasteiger partial charge on any atom is 0.337 e. The number of hydrogen-bond acceptors (Lipinski definition) is 4. The Morgan fingerprint density at radius 1 is 1.32 bits per heavy atom. The summed E-state index contributed by atoms with van der Waals surface area (Å²) in [7, 11) is 0. The van der Waals surface area contributed by atoms with Crippen LogP contribution in [0.25, 0.3) is 0 Å². The number of aliphatic hydroxyl groups is 1. The lowest BCUT2D eigenvalue weighted by atomic mass is 10.0. The van der Waals surface area contributed by atoms with Crippen LogP contribution >= 0.6 is 0 Å². The molecular weight excluding hydrogens is 246 g/mol. The summed E-state index contributed by atoms with van der Waals surface area (Å²) in [5.74, 6) is -1.03. The molecule has 1 aromatic rings. The average Bonchev–Trinajstić information content (AvgIpc) is 2.38. The quantitative estimate of drug-likeness (QED) is 0.741. The lowest BCUT2D eigenvalue weighted by Crippen LogP contribution is -2.48. The van der Waals surface area contributed by atoms with Crippen LogP contribution in [-0.2, 0) is 20.7 Å². The molecule has 0 bridgehead atoms. The van der Waals surface area contributed by atoms with E-state index in [-0.39, 0.29) is 12.5 Å². The van der Waals surface area contributed by atoms with Crippen molar-refractivity contribution in [3.63, 3.8) is 0 Å². The van der Waals surface area contributed by atoms with Crippen molar-refractivity contribution in [3.05, 3.63) is 35.9 Å². The van der Waals surface area contributed by atoms with Gasteiger partial charge in [0.05, 0.1) is 12.6 Å². The molecule has 2 atom stereocenters. The number of nitrogens with one attached hydrogen (secondary N) is 1. The number of hydrogen-bond donors (Lipinski definition) is 2. The Balaban J connectivity index is 2.76. The second kappa shape index (κ2) is 7.53. The van der Waals surface area contributed by atoms with Gasteiger partial charge in [0, 0.05) is 6.92 Å². The molecule has 5 heteroatoms. The minimum absolute atomic E-state index is 0.189. The first-order chi connectivity index (χ1) is 9.04. The van der Waals surface area contributed by atoms with Gasteiger partial charge in [-0.25, -0.2) is 4.79 Å². The summed E-state index contributed by atoms with van der Waals surface area (Å²) >= 11 is 0. The molecule has 0 saturated carbocycles. The SMILES string of the molecule is CCOC(=O)[C@H](O)[C@H](Cc1ccccc1)NC(C)=O. The van der Waals surface area contributed by atoms with Gasteiger partial charge in [0.1, 0.15) is 0 Å². The zero-order valence-electron chi connectivity index (χ0n) is 11.1. The van der Waals surface area contributed by atoms with E-state index in [9.17, 15) is 14.7 Å². The number of aliphatic hydroxyl groups excluding tert-OH is 1. The van der Waals surface area contributed by atoms with Gasteiger partial charge in [-0.3, -0.25) is 4.79 Å². The van der Waals surface area contributed by atoms with E-state index in [1.165, 1.54) is 6.92 Å². The van der Waals surface area contributed by atoms with Crippen molar-refractivity contribution >= 4 is 11.9 Å². The van der Waals surface area contributed by atoms with Gasteiger partial charge in [-0.15, -0.1) is 0 Å². The predicted molar refractivity (Wildman–Crippen MR) is 70.4 cm³/mol. The molecule has 104 valence electrons. The smallest absolute Gasteiger partial charge is 0.337 e. The van der Waals surface area contributed by atoms with Crippen LogP contribution in [0.4, 0.5) is 0 Å². The molecule has 2 N–H and O–H groups in total. The minimum atomic E-state index is -1.37. The van der Waals surface area contributed by atoms with Gasteiger partial charge in [-0.1, -0.05) is 30.3 Å². The Morgan fingerprint density at radius 3 is 2.47 bits per heavy atom. The molecule has 0 aliphatic rings. The minimum Gasteiger partial charge on any atom is -0.464 e. The molecule has 19 heavy (non-hydrogen) atoms. The highest BCUT2D eigenvalue weighted by atomic mass is 16.5. The van der Waals surface area contributed by atoms with Crippen LogP contribution in [0.2, 0.25) is 0 Å². The van der Waals surface area contributed by atoms with Gasteiger partial charge in [-0.05, 0) is 18.9 Å². The summed E-state index contributed by atoms with van der Waals surface area (Å²) < 4.78 is 4.76. The highest BCUT2D eigenvalue weighted by Gasteiger charge is 2.28. The van der Waals surface area contributed by atoms with Crippen LogP contribution in [0.15, 0.2) is 30.3 Å². The van der Waals surface area contributed by atoms with E-state index in [0.717, 1.165) is 5.56 Å². The molecule has 0 fully saturated rings. The molecule has 0 saturated heterocycles. The van der Waals surface area contributed by atoms with E-state index < -0.39 is 18.1 Å². The molecular formula is C14H19NO4. The molecule has 0 spiro atoms. The predicted octanol–water partition coefficient (Wildman–Crippen LogP) is 0.658. The van der Waals surface area contributed by atoms with Gasteiger partial charge in [0.25, 0.3) is 0 Å². The Bertz CT molecular complexity index is 419. The van der Waals surface area contributed by atoms with E-state index >= 15 is 0 Å². The first-order valence-corrected chi connectivity index (χ1v) is 6.20. The van der Waals surface area contributed by atoms with E-state index in [2.05, 4.69) is 5.32 Å². The van der Waals surface area contributed by atoms with Crippen molar-refractivity contribution in [1.82, 2.24) is 5.32 Å². The summed E-state index contributed by atoms with van der Waals surface area (Å²) in [6.45, 7) is 3.19. The van der Waals surface area contributed by atoms with Crippen LogP contribution < -0.4 is 5.32 Å². The molecule has 0 radical (unpaired) electrons. The molecule has 1 aromatic carbocycles. The number of benzene rings is 1. The molecule has 0 heterocycles. The zero-order valence-corrected chi connectivity index (χ0v) is 11.1. The highest BCUT2D eigenvalue weighted by molar-refractivity contribution is 5.78. The van der Waals surface area contributed by atoms with E-state index in [1.807, 2.05) is 30.3 Å². The second-order valence-corrected chi connectivity index (χ2v) is 4.19. The first kappa shape index (κ1) is 15.2. The van der Waals surface area contributed by atoms with Gasteiger partial charge in [0.2, 0.25) is 5.91 Å². The van der Waals surface area contributed by atoms with Gasteiger partial charge in [0.15, 0.2) is 6.10 Å². The van der Waals surface area contributed by atoms with Crippen molar-refractivity contribution in [2.24, 2.45) is 0 Å². The standard InChI is InChI=1S/C14H19NO4/c1-3-19-14(18)13(17)12(15-10(2)16)9-11-7-5-4-6-8-11/h4-8,12-13,17H,3,9H2,1-2H3,(H,15,16)/t12-,13+/m0/s1. The number of carbonyl (C=O) groups is 2. The number of rotatable bonds is 6. The molecule has 0 aromatic heterocycles. The summed E-state index contributed by atoms with van der Waals surface area (Å²) in [5.41, 5.74) is 0.921. The van der Waals surface area contributed by atoms with E-state index in [1.54, 1.807) is 6.92 Å². The summed E-state index contributed by atoms with van der Waals surface area (Å²) in [4.78, 5) is 22.7. The van der Waals surface area contributed by atoms with Crippen LogP contribution in [0.5, 0.6) is 0 Å². The highest BCUT2D eigenvalue weighted by Crippen LogP contribution is 2.08. The maximum atomic E-state index is 11.5. The summed E-state index contributed by atoms with van der Waals surface area (Å²) in [6, 6.07) is 8.63. The van der Waals surface area contributed by atoms with Gasteiger partial charge >= 0.3 is 5.97 Å². The molecule has 1 rings (SSSR count). The van der Waals surface area contributed by atoms with Gasteiger partial charge < -0.3 is 15.2 Å².